The zero-order valence-electron chi connectivity index (χ0n) is 13.0. The number of benzene rings is 2. The summed E-state index contributed by atoms with van der Waals surface area (Å²) >= 11 is 7.29. The van der Waals surface area contributed by atoms with Gasteiger partial charge in [0.1, 0.15) is 0 Å². The van der Waals surface area contributed by atoms with Crippen LogP contribution in [-0.4, -0.2) is 11.0 Å². The first-order chi connectivity index (χ1) is 11.6. The molecule has 0 aliphatic rings. The fourth-order valence-corrected chi connectivity index (χ4v) is 3.11. The Morgan fingerprint density at radius 2 is 1.79 bits per heavy atom. The second-order valence-electron chi connectivity index (χ2n) is 5.38. The molecule has 0 aliphatic heterocycles. The molecule has 4 nitrogen and oxygen atoms in total. The largest absolute Gasteiger partial charge is 0.325 e. The predicted molar refractivity (Wildman–Crippen MR) is 100 cm³/mol. The van der Waals surface area contributed by atoms with Crippen LogP contribution in [0.3, 0.4) is 0 Å². The van der Waals surface area contributed by atoms with E-state index in [1.165, 1.54) is 22.5 Å². The zero-order chi connectivity index (χ0) is 16.9. The van der Waals surface area contributed by atoms with Crippen molar-refractivity contribution in [2.45, 2.75) is 13.3 Å². The van der Waals surface area contributed by atoms with Crippen LogP contribution in [0.1, 0.15) is 16.0 Å². The molecule has 0 unspecified atom stereocenters. The predicted octanol–water partition coefficient (Wildman–Crippen LogP) is 5.34. The van der Waals surface area contributed by atoms with Crippen LogP contribution in [0.25, 0.3) is 0 Å². The van der Waals surface area contributed by atoms with Crippen LogP contribution in [0, 0.1) is 6.92 Å². The molecule has 0 bridgehead atoms. The minimum atomic E-state index is -0.325. The topological polar surface area (TPSA) is 54.0 Å². The maximum absolute atomic E-state index is 12.0. The lowest BCUT2D eigenvalue weighted by atomic mass is 10.1. The molecule has 6 heteroatoms. The van der Waals surface area contributed by atoms with Crippen molar-refractivity contribution in [2.24, 2.45) is 0 Å². The number of nitrogens with one attached hydrogen (secondary N) is 2. The molecular formula is C18H16ClN3OS. The van der Waals surface area contributed by atoms with Gasteiger partial charge in [0.15, 0.2) is 5.13 Å². The second-order valence-corrected chi connectivity index (χ2v) is 6.93. The number of hydrogen-bond donors (Lipinski definition) is 2. The molecule has 3 rings (SSSR count). The summed E-state index contributed by atoms with van der Waals surface area (Å²) in [6.07, 6.45) is 2.60. The van der Waals surface area contributed by atoms with Crippen molar-refractivity contribution in [3.05, 3.63) is 75.8 Å². The van der Waals surface area contributed by atoms with Gasteiger partial charge in [-0.3, -0.25) is 5.32 Å². The standard InChI is InChI=1S/C18H16ClN3OS/c1-12-2-4-13(5-3-12)10-16-11-20-18(24-16)22-17(23)21-15-8-6-14(19)7-9-15/h2-9,11H,10H2,1H3,(H2,20,21,22,23). The first-order valence-corrected chi connectivity index (χ1v) is 8.62. The number of aromatic nitrogens is 1. The number of anilines is 2. The van der Waals surface area contributed by atoms with Crippen LogP contribution in [0.5, 0.6) is 0 Å². The summed E-state index contributed by atoms with van der Waals surface area (Å²) in [6, 6.07) is 15.0. The van der Waals surface area contributed by atoms with E-state index in [0.29, 0.717) is 15.8 Å². The Labute approximate surface area is 149 Å². The van der Waals surface area contributed by atoms with Crippen LogP contribution in [0.2, 0.25) is 5.02 Å². The number of urea groups is 1. The summed E-state index contributed by atoms with van der Waals surface area (Å²) in [5.74, 6) is 0. The molecule has 2 N–H and O–H groups in total. The molecular weight excluding hydrogens is 342 g/mol. The molecule has 0 aliphatic carbocycles. The third-order valence-corrected chi connectivity index (χ3v) is 4.54. The van der Waals surface area contributed by atoms with Crippen molar-refractivity contribution in [1.29, 1.82) is 0 Å². The van der Waals surface area contributed by atoms with Crippen LogP contribution in [0.15, 0.2) is 54.7 Å². The summed E-state index contributed by atoms with van der Waals surface area (Å²) < 4.78 is 0. The Bertz CT molecular complexity index is 828. The Hall–Kier alpha value is -2.37. The number of thiazole rings is 1. The maximum Gasteiger partial charge on any atom is 0.325 e. The molecule has 0 radical (unpaired) electrons. The van der Waals surface area contributed by atoms with Crippen LogP contribution >= 0.6 is 22.9 Å². The molecule has 3 aromatic rings. The molecule has 0 saturated carbocycles. The third kappa shape index (κ3) is 4.57. The molecule has 2 amide bonds. The molecule has 0 spiro atoms. The van der Waals surface area contributed by atoms with E-state index in [4.69, 9.17) is 11.6 Å². The van der Waals surface area contributed by atoms with Gasteiger partial charge in [-0.25, -0.2) is 9.78 Å². The van der Waals surface area contributed by atoms with Gasteiger partial charge in [-0.1, -0.05) is 41.4 Å². The van der Waals surface area contributed by atoms with Gasteiger partial charge in [-0.2, -0.15) is 0 Å². The summed E-state index contributed by atoms with van der Waals surface area (Å²) in [4.78, 5) is 17.3. The average molecular weight is 358 g/mol. The van der Waals surface area contributed by atoms with E-state index in [9.17, 15) is 4.79 Å². The van der Waals surface area contributed by atoms with Crippen molar-refractivity contribution in [3.63, 3.8) is 0 Å². The average Bonchev–Trinajstić information content (AvgIpc) is 2.99. The summed E-state index contributed by atoms with van der Waals surface area (Å²) in [7, 11) is 0. The molecule has 1 heterocycles. The van der Waals surface area contributed by atoms with Crippen LogP contribution in [0.4, 0.5) is 15.6 Å². The minimum Gasteiger partial charge on any atom is -0.308 e. The Balaban J connectivity index is 1.58. The van der Waals surface area contributed by atoms with E-state index >= 15 is 0 Å². The van der Waals surface area contributed by atoms with Crippen molar-refractivity contribution in [1.82, 2.24) is 4.98 Å². The number of hydrogen-bond acceptors (Lipinski definition) is 3. The highest BCUT2D eigenvalue weighted by molar-refractivity contribution is 7.15. The molecule has 0 atom stereocenters. The third-order valence-electron chi connectivity index (χ3n) is 3.38. The van der Waals surface area contributed by atoms with E-state index in [0.717, 1.165) is 11.3 Å². The number of carbonyl (C=O) groups excluding carboxylic acids is 1. The van der Waals surface area contributed by atoms with Crippen molar-refractivity contribution in [2.75, 3.05) is 10.6 Å². The lowest BCUT2D eigenvalue weighted by Gasteiger charge is -2.05. The number of carbonyl (C=O) groups is 1. The van der Waals surface area contributed by atoms with E-state index in [1.54, 1.807) is 30.5 Å². The van der Waals surface area contributed by atoms with E-state index in [-0.39, 0.29) is 6.03 Å². The van der Waals surface area contributed by atoms with Gasteiger partial charge in [-0.15, -0.1) is 11.3 Å². The molecule has 24 heavy (non-hydrogen) atoms. The van der Waals surface area contributed by atoms with Gasteiger partial charge in [0.05, 0.1) is 0 Å². The summed E-state index contributed by atoms with van der Waals surface area (Å²) in [6.45, 7) is 2.07. The van der Waals surface area contributed by atoms with E-state index < -0.39 is 0 Å². The van der Waals surface area contributed by atoms with Crippen LogP contribution < -0.4 is 10.6 Å². The molecule has 0 saturated heterocycles. The minimum absolute atomic E-state index is 0.325. The Kier molecular flexibility index (Phi) is 5.13. The van der Waals surface area contributed by atoms with E-state index in [2.05, 4.69) is 46.8 Å². The monoisotopic (exact) mass is 357 g/mol. The van der Waals surface area contributed by atoms with Gasteiger partial charge in [0.2, 0.25) is 0 Å². The highest BCUT2D eigenvalue weighted by atomic mass is 35.5. The SMILES string of the molecule is Cc1ccc(Cc2cnc(NC(=O)Nc3ccc(Cl)cc3)s2)cc1. The first kappa shape index (κ1) is 16.5. The van der Waals surface area contributed by atoms with Gasteiger partial charge >= 0.3 is 6.03 Å². The number of nitrogens with zero attached hydrogens (tertiary/aromatic N) is 1. The number of halogens is 1. The highest BCUT2D eigenvalue weighted by Gasteiger charge is 2.07. The second kappa shape index (κ2) is 7.47. The molecule has 122 valence electrons. The summed E-state index contributed by atoms with van der Waals surface area (Å²) in [5, 5.41) is 6.68. The lowest BCUT2D eigenvalue weighted by Crippen LogP contribution is -2.19. The zero-order valence-corrected chi connectivity index (χ0v) is 14.6. The molecule has 1 aromatic heterocycles. The first-order valence-electron chi connectivity index (χ1n) is 7.42. The fraction of sp³-hybridized carbons (Fsp3) is 0.111. The lowest BCUT2D eigenvalue weighted by molar-refractivity contribution is 0.262. The Morgan fingerprint density at radius 3 is 2.50 bits per heavy atom. The van der Waals surface area contributed by atoms with Crippen molar-refractivity contribution in [3.8, 4) is 0 Å². The van der Waals surface area contributed by atoms with Gasteiger partial charge < -0.3 is 5.32 Å². The number of amides is 2. The van der Waals surface area contributed by atoms with Gasteiger partial charge in [0.25, 0.3) is 0 Å². The summed E-state index contributed by atoms with van der Waals surface area (Å²) in [5.41, 5.74) is 3.14. The number of aryl methyl sites for hydroxylation is 1. The molecule has 2 aromatic carbocycles. The fourth-order valence-electron chi connectivity index (χ4n) is 2.15. The van der Waals surface area contributed by atoms with E-state index in [1.807, 2.05) is 0 Å². The van der Waals surface area contributed by atoms with Crippen LogP contribution in [-0.2, 0) is 6.42 Å². The maximum atomic E-state index is 12.0. The van der Waals surface area contributed by atoms with Crippen molar-refractivity contribution < 1.29 is 4.79 Å². The van der Waals surface area contributed by atoms with Gasteiger partial charge in [0, 0.05) is 28.2 Å². The Morgan fingerprint density at radius 1 is 1.08 bits per heavy atom. The highest BCUT2D eigenvalue weighted by Crippen LogP contribution is 2.22. The smallest absolute Gasteiger partial charge is 0.308 e. The normalized spacial score (nSPS) is 10.4. The number of rotatable bonds is 4. The molecule has 0 fully saturated rings. The van der Waals surface area contributed by atoms with Crippen molar-refractivity contribution >= 4 is 39.8 Å². The van der Waals surface area contributed by atoms with Gasteiger partial charge in [-0.05, 0) is 36.8 Å². The quantitative estimate of drug-likeness (QED) is 0.662.